The maximum absolute atomic E-state index is 12.6. The molecule has 0 aliphatic rings. The molecule has 0 spiro atoms. The quantitative estimate of drug-likeness (QED) is 0.712. The third-order valence-corrected chi connectivity index (χ3v) is 1.71. The number of amides is 1. The number of carboxylic acid groups (broad SMARTS) is 1. The van der Waals surface area contributed by atoms with Crippen LogP contribution in [-0.4, -0.2) is 28.0 Å². The van der Waals surface area contributed by atoms with Gasteiger partial charge in [-0.2, -0.15) is 4.39 Å². The van der Waals surface area contributed by atoms with Crippen molar-refractivity contribution in [1.29, 1.82) is 0 Å². The summed E-state index contributed by atoms with van der Waals surface area (Å²) >= 11 is 0. The van der Waals surface area contributed by atoms with Crippen LogP contribution >= 0.6 is 0 Å². The third kappa shape index (κ3) is 3.01. The molecule has 1 atom stereocenters. The molecule has 0 radical (unpaired) electrons. The predicted octanol–water partition coefficient (Wildman–Crippen LogP) is 0.424. The molecule has 0 unspecified atom stereocenters. The predicted molar refractivity (Wildman–Crippen MR) is 48.8 cm³/mol. The van der Waals surface area contributed by atoms with Crippen molar-refractivity contribution in [3.63, 3.8) is 0 Å². The van der Waals surface area contributed by atoms with E-state index in [4.69, 9.17) is 5.11 Å². The molecule has 1 rings (SSSR count). The van der Waals surface area contributed by atoms with Crippen molar-refractivity contribution < 1.29 is 19.1 Å². The van der Waals surface area contributed by atoms with Crippen molar-refractivity contribution in [1.82, 2.24) is 10.3 Å². The fraction of sp³-hybridized carbons (Fsp3) is 0.222. The molecule has 1 aromatic rings. The van der Waals surface area contributed by atoms with Crippen LogP contribution in [0.15, 0.2) is 18.3 Å². The van der Waals surface area contributed by atoms with E-state index >= 15 is 0 Å². The van der Waals surface area contributed by atoms with Gasteiger partial charge in [-0.1, -0.05) is 0 Å². The van der Waals surface area contributed by atoms with E-state index in [1.54, 1.807) is 0 Å². The highest BCUT2D eigenvalue weighted by molar-refractivity contribution is 5.96. The zero-order chi connectivity index (χ0) is 11.4. The maximum atomic E-state index is 12.6. The number of carbonyl (C=O) groups is 2. The van der Waals surface area contributed by atoms with Crippen molar-refractivity contribution in [2.75, 3.05) is 0 Å². The first kappa shape index (κ1) is 11.1. The molecule has 1 amide bonds. The molecule has 0 saturated carbocycles. The summed E-state index contributed by atoms with van der Waals surface area (Å²) in [5.74, 6) is -2.59. The second-order valence-electron chi connectivity index (χ2n) is 2.90. The average Bonchev–Trinajstić information content (AvgIpc) is 2.17. The summed E-state index contributed by atoms with van der Waals surface area (Å²) in [4.78, 5) is 25.0. The number of carbonyl (C=O) groups excluding carboxylic acids is 1. The number of pyridine rings is 1. The SMILES string of the molecule is C[C@H](NC(=O)c1ccnc(F)c1)C(=O)O. The monoisotopic (exact) mass is 212 g/mol. The van der Waals surface area contributed by atoms with Gasteiger partial charge in [0.15, 0.2) is 0 Å². The molecule has 1 heterocycles. The van der Waals surface area contributed by atoms with Gasteiger partial charge in [0.2, 0.25) is 5.95 Å². The lowest BCUT2D eigenvalue weighted by Crippen LogP contribution is -2.38. The first-order chi connectivity index (χ1) is 7.00. The fourth-order valence-electron chi connectivity index (χ4n) is 0.885. The highest BCUT2D eigenvalue weighted by atomic mass is 19.1. The highest BCUT2D eigenvalue weighted by Gasteiger charge is 2.15. The van der Waals surface area contributed by atoms with E-state index in [-0.39, 0.29) is 5.56 Å². The number of rotatable bonds is 3. The Morgan fingerprint density at radius 3 is 2.80 bits per heavy atom. The van der Waals surface area contributed by atoms with Crippen molar-refractivity contribution in [3.8, 4) is 0 Å². The van der Waals surface area contributed by atoms with Crippen LogP contribution in [0.1, 0.15) is 17.3 Å². The fourth-order valence-corrected chi connectivity index (χ4v) is 0.885. The molecular weight excluding hydrogens is 203 g/mol. The van der Waals surface area contributed by atoms with Gasteiger partial charge in [-0.25, -0.2) is 4.98 Å². The summed E-state index contributed by atoms with van der Waals surface area (Å²) in [6.45, 7) is 1.32. The van der Waals surface area contributed by atoms with Gasteiger partial charge in [-0.05, 0) is 13.0 Å². The standard InChI is InChI=1S/C9H9FN2O3/c1-5(9(14)15)12-8(13)6-2-3-11-7(10)4-6/h2-5H,1H3,(H,12,13)(H,14,15)/t5-/m0/s1. The number of halogens is 1. The summed E-state index contributed by atoms with van der Waals surface area (Å²) in [6, 6.07) is 1.21. The lowest BCUT2D eigenvalue weighted by atomic mass is 10.2. The second-order valence-corrected chi connectivity index (χ2v) is 2.90. The topological polar surface area (TPSA) is 79.3 Å². The molecule has 5 nitrogen and oxygen atoms in total. The zero-order valence-electron chi connectivity index (χ0n) is 7.90. The molecule has 80 valence electrons. The van der Waals surface area contributed by atoms with Crippen LogP contribution < -0.4 is 5.32 Å². The first-order valence-corrected chi connectivity index (χ1v) is 4.16. The average molecular weight is 212 g/mol. The summed E-state index contributed by atoms with van der Waals surface area (Å²) in [7, 11) is 0. The maximum Gasteiger partial charge on any atom is 0.325 e. The Kier molecular flexibility index (Phi) is 3.33. The zero-order valence-corrected chi connectivity index (χ0v) is 7.90. The highest BCUT2D eigenvalue weighted by Crippen LogP contribution is 2.00. The Hall–Kier alpha value is -1.98. The summed E-state index contributed by atoms with van der Waals surface area (Å²) in [6.07, 6.45) is 1.13. The largest absolute Gasteiger partial charge is 0.480 e. The number of nitrogens with one attached hydrogen (secondary N) is 1. The second kappa shape index (κ2) is 4.50. The number of aromatic nitrogens is 1. The van der Waals surface area contributed by atoms with E-state index in [9.17, 15) is 14.0 Å². The van der Waals surface area contributed by atoms with Gasteiger partial charge in [-0.3, -0.25) is 9.59 Å². The molecule has 0 bridgehead atoms. The molecule has 0 fully saturated rings. The van der Waals surface area contributed by atoms with Gasteiger partial charge in [0.1, 0.15) is 6.04 Å². The molecule has 2 N–H and O–H groups in total. The van der Waals surface area contributed by atoms with Gasteiger partial charge in [0.25, 0.3) is 5.91 Å². The van der Waals surface area contributed by atoms with Crippen LogP contribution in [0.4, 0.5) is 4.39 Å². The van der Waals surface area contributed by atoms with E-state index in [0.29, 0.717) is 0 Å². The first-order valence-electron chi connectivity index (χ1n) is 4.16. The number of carboxylic acids is 1. The molecule has 0 aliphatic carbocycles. The van der Waals surface area contributed by atoms with Crippen LogP contribution in [0, 0.1) is 5.95 Å². The minimum absolute atomic E-state index is 0.0376. The van der Waals surface area contributed by atoms with E-state index < -0.39 is 23.9 Å². The molecule has 0 aromatic carbocycles. The number of aliphatic carboxylic acids is 1. The summed E-state index contributed by atoms with van der Waals surface area (Å²) < 4.78 is 12.6. The third-order valence-electron chi connectivity index (χ3n) is 1.71. The van der Waals surface area contributed by atoms with E-state index in [1.165, 1.54) is 13.0 Å². The van der Waals surface area contributed by atoms with Crippen LogP contribution in [0.3, 0.4) is 0 Å². The summed E-state index contributed by atoms with van der Waals surface area (Å²) in [5, 5.41) is 10.7. The minimum atomic E-state index is -1.15. The molecule has 0 aliphatic heterocycles. The van der Waals surface area contributed by atoms with Gasteiger partial charge in [0, 0.05) is 17.8 Å². The van der Waals surface area contributed by atoms with Gasteiger partial charge >= 0.3 is 5.97 Å². The van der Waals surface area contributed by atoms with E-state index in [0.717, 1.165) is 12.3 Å². The van der Waals surface area contributed by atoms with Crippen LogP contribution in [0.2, 0.25) is 0 Å². The number of hydrogen-bond donors (Lipinski definition) is 2. The van der Waals surface area contributed by atoms with Gasteiger partial charge in [0.05, 0.1) is 0 Å². The van der Waals surface area contributed by atoms with Crippen molar-refractivity contribution in [3.05, 3.63) is 29.8 Å². The minimum Gasteiger partial charge on any atom is -0.480 e. The Bertz CT molecular complexity index is 395. The Balaban J connectivity index is 2.73. The molecule has 6 heteroatoms. The molecule has 0 saturated heterocycles. The Morgan fingerprint density at radius 1 is 1.60 bits per heavy atom. The summed E-state index contributed by atoms with van der Waals surface area (Å²) in [5.41, 5.74) is 0.0376. The van der Waals surface area contributed by atoms with Crippen molar-refractivity contribution >= 4 is 11.9 Å². The normalized spacial score (nSPS) is 11.9. The van der Waals surface area contributed by atoms with Gasteiger partial charge < -0.3 is 10.4 Å². The number of hydrogen-bond acceptors (Lipinski definition) is 3. The van der Waals surface area contributed by atoms with Crippen LogP contribution in [0.25, 0.3) is 0 Å². The van der Waals surface area contributed by atoms with Crippen LogP contribution in [0.5, 0.6) is 0 Å². The van der Waals surface area contributed by atoms with Gasteiger partial charge in [-0.15, -0.1) is 0 Å². The lowest BCUT2D eigenvalue weighted by Gasteiger charge is -2.08. The van der Waals surface area contributed by atoms with Crippen molar-refractivity contribution in [2.24, 2.45) is 0 Å². The lowest BCUT2D eigenvalue weighted by molar-refractivity contribution is -0.138. The smallest absolute Gasteiger partial charge is 0.325 e. The molecular formula is C9H9FN2O3. The Labute approximate surface area is 84.9 Å². The Morgan fingerprint density at radius 2 is 2.27 bits per heavy atom. The molecule has 15 heavy (non-hydrogen) atoms. The van der Waals surface area contributed by atoms with Crippen molar-refractivity contribution in [2.45, 2.75) is 13.0 Å². The number of nitrogens with zero attached hydrogens (tertiary/aromatic N) is 1. The molecule has 1 aromatic heterocycles. The van der Waals surface area contributed by atoms with Crippen LogP contribution in [-0.2, 0) is 4.79 Å². The van der Waals surface area contributed by atoms with E-state index in [2.05, 4.69) is 10.3 Å². The van der Waals surface area contributed by atoms with E-state index in [1.807, 2.05) is 0 Å².